The number of anilines is 1. The number of likely N-dealkylation sites (tertiary alicyclic amines) is 1. The number of fused-ring (bicyclic) bond motifs is 1. The van der Waals surface area contributed by atoms with E-state index in [1.807, 2.05) is 18.2 Å². The van der Waals surface area contributed by atoms with Crippen LogP contribution in [0.15, 0.2) is 59.0 Å². The number of furan rings is 1. The molecule has 2 aliphatic rings. The number of imidazole rings is 1. The van der Waals surface area contributed by atoms with Gasteiger partial charge in [-0.2, -0.15) is 0 Å². The van der Waals surface area contributed by atoms with Crippen molar-refractivity contribution in [2.24, 2.45) is 0 Å². The van der Waals surface area contributed by atoms with Crippen LogP contribution in [0, 0.1) is 0 Å². The first-order chi connectivity index (χ1) is 18.7. The van der Waals surface area contributed by atoms with Gasteiger partial charge in [-0.25, -0.2) is 9.97 Å². The quantitative estimate of drug-likeness (QED) is 0.285. The Morgan fingerprint density at radius 1 is 1.11 bits per heavy atom. The summed E-state index contributed by atoms with van der Waals surface area (Å²) in [6.45, 7) is 12.3. The van der Waals surface area contributed by atoms with E-state index < -0.39 is 0 Å². The second-order valence-corrected chi connectivity index (χ2v) is 11.2. The molecular formula is C29H37N7OS. The Bertz CT molecular complexity index is 1290. The summed E-state index contributed by atoms with van der Waals surface area (Å²) in [5.74, 6) is 1.96. The maximum absolute atomic E-state index is 5.51. The van der Waals surface area contributed by atoms with Crippen molar-refractivity contribution < 1.29 is 4.42 Å². The van der Waals surface area contributed by atoms with Crippen molar-refractivity contribution in [1.82, 2.24) is 29.7 Å². The number of thiazole rings is 1. The summed E-state index contributed by atoms with van der Waals surface area (Å²) in [7, 11) is 0. The molecule has 1 atom stereocenters. The maximum Gasteiger partial charge on any atom is 0.182 e. The van der Waals surface area contributed by atoms with Crippen molar-refractivity contribution in [3.8, 4) is 0 Å². The van der Waals surface area contributed by atoms with Gasteiger partial charge >= 0.3 is 0 Å². The lowest BCUT2D eigenvalue weighted by atomic mass is 10.2. The number of rotatable bonds is 11. The molecule has 1 aromatic carbocycles. The molecule has 0 radical (unpaired) electrons. The molecule has 0 aliphatic carbocycles. The van der Waals surface area contributed by atoms with E-state index in [1.165, 1.54) is 19.4 Å². The third kappa shape index (κ3) is 5.95. The normalized spacial score (nSPS) is 18.9. The van der Waals surface area contributed by atoms with E-state index in [0.29, 0.717) is 6.04 Å². The van der Waals surface area contributed by atoms with Crippen molar-refractivity contribution >= 4 is 33.2 Å². The maximum atomic E-state index is 5.51. The first kappa shape index (κ1) is 25.2. The summed E-state index contributed by atoms with van der Waals surface area (Å²) in [6, 6.07) is 12.7. The molecule has 8 nitrogen and oxygen atoms in total. The molecule has 2 fully saturated rings. The highest BCUT2D eigenvalue weighted by atomic mass is 32.1. The molecule has 200 valence electrons. The van der Waals surface area contributed by atoms with Gasteiger partial charge in [0.1, 0.15) is 11.6 Å². The molecule has 2 N–H and O–H groups in total. The molecule has 1 unspecified atom stereocenters. The summed E-state index contributed by atoms with van der Waals surface area (Å²) >= 11 is 1.73. The van der Waals surface area contributed by atoms with E-state index >= 15 is 0 Å². The van der Waals surface area contributed by atoms with Gasteiger partial charge in [0, 0.05) is 57.1 Å². The van der Waals surface area contributed by atoms with Crippen molar-refractivity contribution in [1.29, 1.82) is 0 Å². The van der Waals surface area contributed by atoms with Crippen LogP contribution in [-0.2, 0) is 13.0 Å². The molecular weight excluding hydrogens is 494 g/mol. The Labute approximate surface area is 228 Å². The molecule has 0 spiro atoms. The Morgan fingerprint density at radius 2 is 2.00 bits per heavy atom. The third-order valence-electron chi connectivity index (χ3n) is 7.78. The number of aromatic nitrogens is 3. The van der Waals surface area contributed by atoms with Gasteiger partial charge in [-0.1, -0.05) is 18.7 Å². The zero-order valence-corrected chi connectivity index (χ0v) is 22.8. The number of H-pyrrole nitrogens is 1. The number of aromatic amines is 1. The number of hydrogen-bond acceptors (Lipinski definition) is 8. The van der Waals surface area contributed by atoms with Gasteiger partial charge in [0.25, 0.3) is 0 Å². The van der Waals surface area contributed by atoms with Gasteiger partial charge in [-0.05, 0) is 56.6 Å². The topological polar surface area (TPSA) is 76.5 Å². The predicted octanol–water partition coefficient (Wildman–Crippen LogP) is 4.91. The van der Waals surface area contributed by atoms with Gasteiger partial charge in [0.15, 0.2) is 5.13 Å². The van der Waals surface area contributed by atoms with Gasteiger partial charge in [-0.3, -0.25) is 9.80 Å². The molecule has 2 saturated heterocycles. The van der Waals surface area contributed by atoms with E-state index in [9.17, 15) is 0 Å². The van der Waals surface area contributed by atoms with Gasteiger partial charge in [-0.15, -0.1) is 11.3 Å². The fourth-order valence-corrected chi connectivity index (χ4v) is 6.38. The van der Waals surface area contributed by atoms with Crippen LogP contribution in [0.25, 0.3) is 16.7 Å². The van der Waals surface area contributed by atoms with Crippen molar-refractivity contribution in [2.75, 3.05) is 51.1 Å². The van der Waals surface area contributed by atoms with E-state index in [1.54, 1.807) is 17.6 Å². The number of hydrogen-bond donors (Lipinski definition) is 2. The second kappa shape index (κ2) is 11.7. The average Bonchev–Trinajstić information content (AvgIpc) is 3.75. The van der Waals surface area contributed by atoms with E-state index in [0.717, 1.165) is 97.8 Å². The summed E-state index contributed by atoms with van der Waals surface area (Å²) in [5, 5.41) is 6.88. The highest BCUT2D eigenvalue weighted by Crippen LogP contribution is 2.23. The Morgan fingerprint density at radius 3 is 2.84 bits per heavy atom. The number of nitrogens with zero attached hydrogens (tertiary/aromatic N) is 5. The second-order valence-electron chi connectivity index (χ2n) is 10.3. The number of aryl methyl sites for hydroxylation is 1. The van der Waals surface area contributed by atoms with Gasteiger partial charge in [0.05, 0.1) is 28.7 Å². The smallest absolute Gasteiger partial charge is 0.182 e. The lowest BCUT2D eigenvalue weighted by Gasteiger charge is -2.36. The van der Waals surface area contributed by atoms with Gasteiger partial charge < -0.3 is 19.6 Å². The van der Waals surface area contributed by atoms with E-state index in [4.69, 9.17) is 14.4 Å². The highest BCUT2D eigenvalue weighted by molar-refractivity contribution is 7.13. The van der Waals surface area contributed by atoms with Crippen molar-refractivity contribution in [2.45, 2.75) is 38.3 Å². The van der Waals surface area contributed by atoms with Crippen LogP contribution >= 0.6 is 11.3 Å². The fourth-order valence-electron chi connectivity index (χ4n) is 5.66. The molecule has 38 heavy (non-hydrogen) atoms. The lowest BCUT2D eigenvalue weighted by Crippen LogP contribution is -2.44. The van der Waals surface area contributed by atoms with Crippen LogP contribution in [0.3, 0.4) is 0 Å². The number of nitrogens with one attached hydrogen (secondary N) is 2. The molecule has 2 aliphatic heterocycles. The minimum absolute atomic E-state index is 0.577. The molecule has 6 rings (SSSR count). The van der Waals surface area contributed by atoms with E-state index in [2.05, 4.69) is 55.2 Å². The van der Waals surface area contributed by atoms with Crippen LogP contribution in [0.2, 0.25) is 0 Å². The standard InChI is InChI=1S/C29H37N7OS/c1-22(27-10-6-18-37-27)35-16-14-34(15-17-35)20-23-21-38-29(31-23)30-19-24-7-4-12-36(24)13-5-11-28-32-25-8-2-3-9-26(25)33-28/h2-3,6,8-10,18,21,24H,1,4-5,7,11-17,19-20H2,(H,30,31)(H,32,33). The minimum Gasteiger partial charge on any atom is -0.463 e. The SMILES string of the molecule is C=C(c1ccco1)N1CCN(Cc2csc(NCC3CCCN3CCCc3nc4ccccc4[nH]3)n2)CC1. The number of piperazine rings is 1. The zero-order chi connectivity index (χ0) is 25.7. The first-order valence-electron chi connectivity index (χ1n) is 13.8. The molecule has 4 aromatic rings. The third-order valence-corrected chi connectivity index (χ3v) is 8.63. The molecule has 0 amide bonds. The Balaban J connectivity index is 0.923. The molecule has 0 bridgehead atoms. The van der Waals surface area contributed by atoms with Crippen molar-refractivity contribution in [3.05, 3.63) is 71.9 Å². The zero-order valence-electron chi connectivity index (χ0n) is 21.9. The number of benzene rings is 1. The molecule has 0 saturated carbocycles. The first-order valence-corrected chi connectivity index (χ1v) is 14.7. The minimum atomic E-state index is 0.577. The number of para-hydroxylation sites is 2. The largest absolute Gasteiger partial charge is 0.463 e. The molecule has 3 aromatic heterocycles. The van der Waals surface area contributed by atoms with Crippen LogP contribution in [0.4, 0.5) is 5.13 Å². The Hall–Kier alpha value is -3.14. The summed E-state index contributed by atoms with van der Waals surface area (Å²) < 4.78 is 5.51. The summed E-state index contributed by atoms with van der Waals surface area (Å²) in [4.78, 5) is 20.5. The van der Waals surface area contributed by atoms with Gasteiger partial charge in [0.2, 0.25) is 0 Å². The lowest BCUT2D eigenvalue weighted by molar-refractivity contribution is 0.166. The molecule has 9 heteroatoms. The van der Waals surface area contributed by atoms with Crippen LogP contribution in [-0.4, -0.2) is 81.5 Å². The monoisotopic (exact) mass is 531 g/mol. The summed E-state index contributed by atoms with van der Waals surface area (Å²) in [6.07, 6.45) is 6.35. The van der Waals surface area contributed by atoms with E-state index in [-0.39, 0.29) is 0 Å². The van der Waals surface area contributed by atoms with Crippen LogP contribution < -0.4 is 5.32 Å². The average molecular weight is 532 g/mol. The van der Waals surface area contributed by atoms with Crippen molar-refractivity contribution in [3.63, 3.8) is 0 Å². The van der Waals surface area contributed by atoms with Crippen LogP contribution in [0.5, 0.6) is 0 Å². The summed E-state index contributed by atoms with van der Waals surface area (Å²) in [5.41, 5.74) is 4.33. The fraction of sp³-hybridized carbons (Fsp3) is 0.448. The van der Waals surface area contributed by atoms with Crippen LogP contribution in [0.1, 0.15) is 36.5 Å². The highest BCUT2D eigenvalue weighted by Gasteiger charge is 2.24. The predicted molar refractivity (Wildman–Crippen MR) is 154 cm³/mol. The molecule has 5 heterocycles. The Kier molecular flexibility index (Phi) is 7.76.